The first-order valence-electron chi connectivity index (χ1n) is 5.28. The van der Waals surface area contributed by atoms with E-state index in [0.29, 0.717) is 38.2 Å². The van der Waals surface area contributed by atoms with Crippen LogP contribution in [-0.2, 0) is 10.0 Å². The number of rotatable bonds is 5. The third kappa shape index (κ3) is 4.26. The van der Waals surface area contributed by atoms with Gasteiger partial charge < -0.3 is 5.11 Å². The second-order valence-corrected chi connectivity index (χ2v) is 6.31. The molecule has 0 amide bonds. The number of aliphatic hydroxyl groups is 1. The molecule has 0 spiro atoms. The molecule has 1 aliphatic rings. The van der Waals surface area contributed by atoms with Crippen molar-refractivity contribution in [3.05, 3.63) is 0 Å². The van der Waals surface area contributed by atoms with Gasteiger partial charge in [0.15, 0.2) is 0 Å². The zero-order chi connectivity index (χ0) is 11.3. The minimum atomic E-state index is -3.12. The van der Waals surface area contributed by atoms with Crippen LogP contribution in [0.3, 0.4) is 0 Å². The van der Waals surface area contributed by atoms with Crippen molar-refractivity contribution in [3.63, 3.8) is 0 Å². The highest BCUT2D eigenvalue weighted by Gasteiger charge is 2.26. The first kappa shape index (κ1) is 13.2. The minimum Gasteiger partial charge on any atom is -0.393 e. The lowest BCUT2D eigenvalue weighted by Crippen LogP contribution is -2.41. The van der Waals surface area contributed by atoms with Gasteiger partial charge in [-0.2, -0.15) is 0 Å². The normalized spacial score (nSPS) is 20.7. The van der Waals surface area contributed by atoms with Crippen molar-refractivity contribution in [2.75, 3.05) is 24.7 Å². The number of halogens is 1. The Bertz CT molecular complexity index is 273. The molecule has 1 aliphatic heterocycles. The number of hydrogen-bond acceptors (Lipinski definition) is 3. The van der Waals surface area contributed by atoms with Crippen LogP contribution in [0.15, 0.2) is 0 Å². The predicted octanol–water partition coefficient (Wildman–Crippen LogP) is 0.792. The third-order valence-corrected chi connectivity index (χ3v) is 4.83. The Hall–Kier alpha value is 0.160. The van der Waals surface area contributed by atoms with Gasteiger partial charge in [-0.05, 0) is 25.7 Å². The lowest BCUT2D eigenvalue weighted by atomic mass is 10.1. The zero-order valence-electron chi connectivity index (χ0n) is 8.73. The molecule has 15 heavy (non-hydrogen) atoms. The van der Waals surface area contributed by atoms with Gasteiger partial charge in [0.05, 0.1) is 11.9 Å². The molecule has 1 saturated heterocycles. The maximum Gasteiger partial charge on any atom is 0.214 e. The summed E-state index contributed by atoms with van der Waals surface area (Å²) < 4.78 is 25.0. The average molecular weight is 256 g/mol. The van der Waals surface area contributed by atoms with Gasteiger partial charge in [0, 0.05) is 19.0 Å². The topological polar surface area (TPSA) is 57.6 Å². The molecule has 90 valence electrons. The Kier molecular flexibility index (Phi) is 5.32. The molecule has 0 aliphatic carbocycles. The van der Waals surface area contributed by atoms with Crippen molar-refractivity contribution in [1.82, 2.24) is 4.31 Å². The molecule has 0 aromatic heterocycles. The minimum absolute atomic E-state index is 0.176. The van der Waals surface area contributed by atoms with Gasteiger partial charge in [-0.1, -0.05) is 0 Å². The standard InChI is InChI=1S/C9H18ClNO3S/c10-5-1-2-8-15(13,14)11-6-3-9(12)4-7-11/h9,12H,1-8H2. The van der Waals surface area contributed by atoms with E-state index in [2.05, 4.69) is 0 Å². The second kappa shape index (κ2) is 6.03. The number of piperidine rings is 1. The smallest absolute Gasteiger partial charge is 0.214 e. The lowest BCUT2D eigenvalue weighted by molar-refractivity contribution is 0.113. The molecule has 1 rings (SSSR count). The van der Waals surface area contributed by atoms with Gasteiger partial charge >= 0.3 is 0 Å². The summed E-state index contributed by atoms with van der Waals surface area (Å²) in [5, 5.41) is 9.27. The zero-order valence-corrected chi connectivity index (χ0v) is 10.3. The first-order chi connectivity index (χ1) is 7.06. The summed E-state index contributed by atoms with van der Waals surface area (Å²) in [7, 11) is -3.12. The molecule has 0 unspecified atom stereocenters. The lowest BCUT2D eigenvalue weighted by Gasteiger charge is -2.28. The van der Waals surface area contributed by atoms with Crippen molar-refractivity contribution in [3.8, 4) is 0 Å². The average Bonchev–Trinajstić information content (AvgIpc) is 2.18. The number of nitrogens with zero attached hydrogens (tertiary/aromatic N) is 1. The fourth-order valence-electron chi connectivity index (χ4n) is 1.63. The van der Waals surface area contributed by atoms with Crippen LogP contribution >= 0.6 is 11.6 Å². The fraction of sp³-hybridized carbons (Fsp3) is 1.00. The summed E-state index contributed by atoms with van der Waals surface area (Å²) >= 11 is 5.49. The van der Waals surface area contributed by atoms with E-state index in [1.54, 1.807) is 0 Å². The molecule has 0 saturated carbocycles. The molecule has 0 atom stereocenters. The van der Waals surface area contributed by atoms with Gasteiger partial charge in [-0.3, -0.25) is 0 Å². The molecule has 0 radical (unpaired) electrons. The van der Waals surface area contributed by atoms with Crippen LogP contribution in [0.2, 0.25) is 0 Å². The van der Waals surface area contributed by atoms with Crippen molar-refractivity contribution in [2.24, 2.45) is 0 Å². The quantitative estimate of drug-likeness (QED) is 0.584. The van der Waals surface area contributed by atoms with Crippen LogP contribution in [0.1, 0.15) is 25.7 Å². The highest BCUT2D eigenvalue weighted by atomic mass is 35.5. The Labute approximate surface area is 96.3 Å². The van der Waals surface area contributed by atoms with Crippen molar-refractivity contribution < 1.29 is 13.5 Å². The molecule has 1 heterocycles. The molecule has 0 aromatic rings. The van der Waals surface area contributed by atoms with E-state index in [0.717, 1.165) is 6.42 Å². The number of aliphatic hydroxyl groups excluding tert-OH is 1. The number of alkyl halides is 1. The number of hydrogen-bond donors (Lipinski definition) is 1. The Morgan fingerprint density at radius 1 is 1.27 bits per heavy atom. The SMILES string of the molecule is O=S(=O)(CCCCCl)N1CCC(O)CC1. The van der Waals surface area contributed by atoms with E-state index in [1.165, 1.54) is 4.31 Å². The largest absolute Gasteiger partial charge is 0.393 e. The van der Waals surface area contributed by atoms with Crippen LogP contribution in [0.25, 0.3) is 0 Å². The van der Waals surface area contributed by atoms with Crippen LogP contribution in [0.4, 0.5) is 0 Å². The molecule has 1 fully saturated rings. The van der Waals surface area contributed by atoms with Crippen molar-refractivity contribution in [1.29, 1.82) is 0 Å². The maximum absolute atomic E-state index is 11.8. The highest BCUT2D eigenvalue weighted by Crippen LogP contribution is 2.15. The summed E-state index contributed by atoms with van der Waals surface area (Å²) in [5.74, 6) is 0.685. The fourth-order valence-corrected chi connectivity index (χ4v) is 3.41. The van der Waals surface area contributed by atoms with Gasteiger partial charge in [0.2, 0.25) is 10.0 Å². The number of sulfonamides is 1. The van der Waals surface area contributed by atoms with Crippen molar-refractivity contribution in [2.45, 2.75) is 31.8 Å². The Balaban J connectivity index is 2.40. The van der Waals surface area contributed by atoms with Gasteiger partial charge in [0.1, 0.15) is 0 Å². The van der Waals surface area contributed by atoms with E-state index in [4.69, 9.17) is 11.6 Å². The Morgan fingerprint density at radius 2 is 1.87 bits per heavy atom. The summed E-state index contributed by atoms with van der Waals surface area (Å²) in [4.78, 5) is 0. The summed E-state index contributed by atoms with van der Waals surface area (Å²) in [6.07, 6.45) is 2.12. The third-order valence-electron chi connectivity index (χ3n) is 2.60. The highest BCUT2D eigenvalue weighted by molar-refractivity contribution is 7.89. The monoisotopic (exact) mass is 255 g/mol. The Morgan fingerprint density at radius 3 is 2.40 bits per heavy atom. The van der Waals surface area contributed by atoms with Gasteiger partial charge in [-0.15, -0.1) is 11.6 Å². The first-order valence-corrected chi connectivity index (χ1v) is 7.42. The molecular formula is C9H18ClNO3S. The van der Waals surface area contributed by atoms with E-state index in [1.807, 2.05) is 0 Å². The van der Waals surface area contributed by atoms with E-state index < -0.39 is 10.0 Å². The number of unbranched alkanes of at least 4 members (excludes halogenated alkanes) is 1. The van der Waals surface area contributed by atoms with Crippen LogP contribution in [0, 0.1) is 0 Å². The summed E-state index contributed by atoms with van der Waals surface area (Å²) in [5.41, 5.74) is 0. The molecule has 4 nitrogen and oxygen atoms in total. The van der Waals surface area contributed by atoms with E-state index in [9.17, 15) is 13.5 Å². The van der Waals surface area contributed by atoms with Gasteiger partial charge in [0.25, 0.3) is 0 Å². The second-order valence-electron chi connectivity index (χ2n) is 3.84. The van der Waals surface area contributed by atoms with Crippen LogP contribution < -0.4 is 0 Å². The summed E-state index contributed by atoms with van der Waals surface area (Å²) in [6.45, 7) is 0.898. The maximum atomic E-state index is 11.8. The van der Waals surface area contributed by atoms with Crippen LogP contribution in [-0.4, -0.2) is 48.7 Å². The van der Waals surface area contributed by atoms with Crippen LogP contribution in [0.5, 0.6) is 0 Å². The van der Waals surface area contributed by atoms with E-state index >= 15 is 0 Å². The molecule has 6 heteroatoms. The van der Waals surface area contributed by atoms with Crippen molar-refractivity contribution >= 4 is 21.6 Å². The van der Waals surface area contributed by atoms with E-state index in [-0.39, 0.29) is 11.9 Å². The molecule has 1 N–H and O–H groups in total. The summed E-state index contributed by atoms with van der Waals surface area (Å²) in [6, 6.07) is 0. The predicted molar refractivity (Wildman–Crippen MR) is 60.6 cm³/mol. The molecular weight excluding hydrogens is 238 g/mol. The molecule has 0 bridgehead atoms. The van der Waals surface area contributed by atoms with Gasteiger partial charge in [-0.25, -0.2) is 12.7 Å². The molecule has 0 aromatic carbocycles.